The number of rotatable bonds is 9. The number of carbonyl (C=O) groups is 3. The molecular formula is C14H24N2O5. The third-order valence-electron chi connectivity index (χ3n) is 3.34. The average Bonchev–Trinajstić information content (AvgIpc) is 2.93. The number of carboxylic acid groups (broad SMARTS) is 1. The summed E-state index contributed by atoms with van der Waals surface area (Å²) in [6.07, 6.45) is 5.96. The zero-order chi connectivity index (χ0) is 15.5. The molecule has 120 valence electrons. The Bertz CT molecular complexity index is 353. The minimum Gasteiger partial charge on any atom is -0.481 e. The van der Waals surface area contributed by atoms with Crippen LogP contribution in [0.25, 0.3) is 0 Å². The monoisotopic (exact) mass is 300 g/mol. The maximum atomic E-state index is 11.4. The lowest BCUT2D eigenvalue weighted by molar-refractivity contribution is -0.137. The molecule has 0 aromatic carbocycles. The molecular weight excluding hydrogens is 276 g/mol. The van der Waals surface area contributed by atoms with Crippen LogP contribution in [0.4, 0.5) is 4.79 Å². The van der Waals surface area contributed by atoms with Crippen molar-refractivity contribution in [3.8, 4) is 0 Å². The molecule has 1 rings (SSSR count). The van der Waals surface area contributed by atoms with Crippen molar-refractivity contribution in [3.63, 3.8) is 0 Å². The number of hydrogen-bond acceptors (Lipinski definition) is 4. The lowest BCUT2D eigenvalue weighted by Gasteiger charge is -2.11. The molecule has 1 saturated carbocycles. The van der Waals surface area contributed by atoms with Gasteiger partial charge in [-0.25, -0.2) is 4.79 Å². The summed E-state index contributed by atoms with van der Waals surface area (Å²) >= 11 is 0. The highest BCUT2D eigenvalue weighted by Gasteiger charge is 2.15. The van der Waals surface area contributed by atoms with Crippen molar-refractivity contribution in [1.29, 1.82) is 0 Å². The number of urea groups is 1. The normalized spacial score (nSPS) is 14.9. The first kappa shape index (κ1) is 17.4. The van der Waals surface area contributed by atoms with Gasteiger partial charge in [0, 0.05) is 19.4 Å². The molecule has 1 aliphatic rings. The van der Waals surface area contributed by atoms with Crippen LogP contribution in [0.1, 0.15) is 51.4 Å². The molecule has 0 atom stereocenters. The van der Waals surface area contributed by atoms with Gasteiger partial charge in [0.1, 0.15) is 0 Å². The number of hydrogen-bond donors (Lipinski definition) is 3. The van der Waals surface area contributed by atoms with Crippen molar-refractivity contribution < 1.29 is 24.2 Å². The Morgan fingerprint density at radius 3 is 2.43 bits per heavy atom. The maximum Gasteiger partial charge on any atom is 0.321 e. The van der Waals surface area contributed by atoms with Crippen molar-refractivity contribution in [2.45, 2.75) is 57.5 Å². The summed E-state index contributed by atoms with van der Waals surface area (Å²) in [5.41, 5.74) is 0. The van der Waals surface area contributed by atoms with Gasteiger partial charge in [0.15, 0.2) is 0 Å². The molecule has 0 aliphatic heterocycles. The highest BCUT2D eigenvalue weighted by molar-refractivity contribution is 5.94. The van der Waals surface area contributed by atoms with Gasteiger partial charge < -0.3 is 15.2 Å². The molecule has 0 saturated heterocycles. The molecule has 3 N–H and O–H groups in total. The summed E-state index contributed by atoms with van der Waals surface area (Å²) in [5.74, 6) is -1.27. The van der Waals surface area contributed by atoms with Crippen molar-refractivity contribution >= 4 is 17.9 Å². The summed E-state index contributed by atoms with van der Waals surface area (Å²) < 4.78 is 5.58. The molecule has 0 unspecified atom stereocenters. The molecule has 0 aromatic rings. The lowest BCUT2D eigenvalue weighted by atomic mass is 10.2. The maximum absolute atomic E-state index is 11.4. The zero-order valence-corrected chi connectivity index (χ0v) is 12.2. The largest absolute Gasteiger partial charge is 0.481 e. The second kappa shape index (κ2) is 10.1. The first-order chi connectivity index (χ1) is 10.1. The number of carboxylic acids is 1. The van der Waals surface area contributed by atoms with Crippen molar-refractivity contribution in [2.24, 2.45) is 0 Å². The SMILES string of the molecule is O=C(O)CCCCC(=O)NC(=O)NCCOC1CCCC1. The van der Waals surface area contributed by atoms with E-state index in [1.165, 1.54) is 12.8 Å². The third kappa shape index (κ3) is 9.01. The topological polar surface area (TPSA) is 105 Å². The average molecular weight is 300 g/mol. The van der Waals surface area contributed by atoms with E-state index in [9.17, 15) is 14.4 Å². The Morgan fingerprint density at radius 1 is 1.10 bits per heavy atom. The van der Waals surface area contributed by atoms with E-state index in [1.807, 2.05) is 0 Å². The summed E-state index contributed by atoms with van der Waals surface area (Å²) in [6.45, 7) is 0.819. The molecule has 7 heteroatoms. The van der Waals surface area contributed by atoms with Gasteiger partial charge in [-0.05, 0) is 25.7 Å². The molecule has 7 nitrogen and oxygen atoms in total. The fourth-order valence-corrected chi connectivity index (χ4v) is 2.24. The number of carbonyl (C=O) groups excluding carboxylic acids is 2. The minimum atomic E-state index is -0.879. The van der Waals surface area contributed by atoms with Crippen LogP contribution in [0.15, 0.2) is 0 Å². The third-order valence-corrected chi connectivity index (χ3v) is 3.34. The van der Waals surface area contributed by atoms with E-state index in [0.29, 0.717) is 32.1 Å². The molecule has 0 radical (unpaired) electrons. The van der Waals surface area contributed by atoms with E-state index in [4.69, 9.17) is 9.84 Å². The minimum absolute atomic E-state index is 0.0397. The van der Waals surface area contributed by atoms with Crippen LogP contribution in [0.5, 0.6) is 0 Å². The number of unbranched alkanes of at least 4 members (excludes halogenated alkanes) is 1. The predicted molar refractivity (Wildman–Crippen MR) is 75.9 cm³/mol. The second-order valence-corrected chi connectivity index (χ2v) is 5.18. The zero-order valence-electron chi connectivity index (χ0n) is 12.2. The Morgan fingerprint density at radius 2 is 1.76 bits per heavy atom. The molecule has 0 spiro atoms. The van der Waals surface area contributed by atoms with Gasteiger partial charge >= 0.3 is 12.0 Å². The molecule has 0 heterocycles. The summed E-state index contributed by atoms with van der Waals surface area (Å²) in [7, 11) is 0. The number of ether oxygens (including phenoxy) is 1. The van der Waals surface area contributed by atoms with Gasteiger partial charge in [0.25, 0.3) is 0 Å². The van der Waals surface area contributed by atoms with Crippen molar-refractivity contribution in [1.82, 2.24) is 10.6 Å². The molecule has 1 fully saturated rings. The first-order valence-electron chi connectivity index (χ1n) is 7.49. The Labute approximate surface area is 124 Å². The Kier molecular flexibility index (Phi) is 8.42. The van der Waals surface area contributed by atoms with Crippen LogP contribution in [0, 0.1) is 0 Å². The van der Waals surface area contributed by atoms with Gasteiger partial charge in [0.05, 0.1) is 12.7 Å². The smallest absolute Gasteiger partial charge is 0.321 e. The predicted octanol–water partition coefficient (Wildman–Crippen LogP) is 1.42. The van der Waals surface area contributed by atoms with Gasteiger partial charge in [-0.15, -0.1) is 0 Å². The Hall–Kier alpha value is -1.63. The van der Waals surface area contributed by atoms with Gasteiger partial charge in [-0.2, -0.15) is 0 Å². The fourth-order valence-electron chi connectivity index (χ4n) is 2.24. The van der Waals surface area contributed by atoms with Crippen LogP contribution in [0.3, 0.4) is 0 Å². The number of imide groups is 1. The molecule has 0 bridgehead atoms. The van der Waals surface area contributed by atoms with Crippen LogP contribution < -0.4 is 10.6 Å². The highest BCUT2D eigenvalue weighted by Crippen LogP contribution is 2.20. The quantitative estimate of drug-likeness (QED) is 0.558. The van der Waals surface area contributed by atoms with Crippen LogP contribution >= 0.6 is 0 Å². The van der Waals surface area contributed by atoms with Gasteiger partial charge in [-0.1, -0.05) is 12.8 Å². The highest BCUT2D eigenvalue weighted by atomic mass is 16.5. The summed E-state index contributed by atoms with van der Waals surface area (Å²) in [4.78, 5) is 33.1. The summed E-state index contributed by atoms with van der Waals surface area (Å²) in [6, 6.07) is -0.534. The number of amides is 3. The van der Waals surface area contributed by atoms with E-state index >= 15 is 0 Å². The van der Waals surface area contributed by atoms with Gasteiger partial charge in [0.2, 0.25) is 5.91 Å². The number of aliphatic carboxylic acids is 1. The first-order valence-corrected chi connectivity index (χ1v) is 7.49. The standard InChI is InChI=1S/C14H24N2O5/c17-12(7-3-4-8-13(18)19)16-14(20)15-9-10-21-11-5-1-2-6-11/h11H,1-10H2,(H,18,19)(H2,15,16,17,20). The van der Waals surface area contributed by atoms with E-state index in [0.717, 1.165) is 12.8 Å². The number of nitrogens with one attached hydrogen (secondary N) is 2. The van der Waals surface area contributed by atoms with Crippen molar-refractivity contribution in [3.05, 3.63) is 0 Å². The van der Waals surface area contributed by atoms with Crippen LogP contribution in [-0.4, -0.2) is 42.3 Å². The van der Waals surface area contributed by atoms with E-state index in [1.54, 1.807) is 0 Å². The van der Waals surface area contributed by atoms with Gasteiger partial charge in [-0.3, -0.25) is 14.9 Å². The second-order valence-electron chi connectivity index (χ2n) is 5.18. The molecule has 21 heavy (non-hydrogen) atoms. The van der Waals surface area contributed by atoms with E-state index < -0.39 is 17.9 Å². The van der Waals surface area contributed by atoms with Crippen LogP contribution in [0.2, 0.25) is 0 Å². The van der Waals surface area contributed by atoms with E-state index in [-0.39, 0.29) is 12.8 Å². The molecule has 1 aliphatic carbocycles. The van der Waals surface area contributed by atoms with Crippen molar-refractivity contribution in [2.75, 3.05) is 13.2 Å². The lowest BCUT2D eigenvalue weighted by Crippen LogP contribution is -2.40. The fraction of sp³-hybridized carbons (Fsp3) is 0.786. The van der Waals surface area contributed by atoms with Crippen LogP contribution in [-0.2, 0) is 14.3 Å². The summed E-state index contributed by atoms with van der Waals surface area (Å²) in [5, 5.41) is 13.2. The molecule has 0 aromatic heterocycles. The Balaban J connectivity index is 1.96. The van der Waals surface area contributed by atoms with E-state index in [2.05, 4.69) is 10.6 Å². The molecule has 3 amide bonds.